The van der Waals surface area contributed by atoms with Gasteiger partial charge >= 0.3 is 0 Å². The van der Waals surface area contributed by atoms with Crippen LogP contribution in [0.3, 0.4) is 0 Å². The molecule has 1 atom stereocenters. The molecule has 1 aliphatic heterocycles. The normalized spacial score (nSPS) is 15.6. The minimum Gasteiger partial charge on any atom is -0.362 e. The predicted octanol–water partition coefficient (Wildman–Crippen LogP) is 3.83. The molecule has 0 bridgehead atoms. The first-order valence-corrected chi connectivity index (χ1v) is 10.9. The van der Waals surface area contributed by atoms with Gasteiger partial charge < -0.3 is 15.1 Å². The summed E-state index contributed by atoms with van der Waals surface area (Å²) < 4.78 is 0. The largest absolute Gasteiger partial charge is 0.362 e. The summed E-state index contributed by atoms with van der Waals surface area (Å²) in [6.07, 6.45) is 1.91. The molecule has 3 aromatic rings. The molecule has 31 heavy (non-hydrogen) atoms. The Morgan fingerprint density at radius 3 is 2.61 bits per heavy atom. The average molecular weight is 416 g/mol. The third kappa shape index (κ3) is 4.17. The van der Waals surface area contributed by atoms with Gasteiger partial charge in [0.2, 0.25) is 0 Å². The first kappa shape index (κ1) is 21.0. The van der Waals surface area contributed by atoms with E-state index in [0.29, 0.717) is 5.56 Å². The maximum absolute atomic E-state index is 9.37. The van der Waals surface area contributed by atoms with E-state index in [1.165, 1.54) is 0 Å². The second-order valence-corrected chi connectivity index (χ2v) is 8.14. The summed E-state index contributed by atoms with van der Waals surface area (Å²) in [6, 6.07) is 10.2. The lowest BCUT2D eigenvalue weighted by atomic mass is 9.98. The van der Waals surface area contributed by atoms with E-state index in [-0.39, 0.29) is 6.04 Å². The lowest BCUT2D eigenvalue weighted by molar-refractivity contribution is 0.270. The number of likely N-dealkylation sites (N-methyl/N-ethyl adjacent to an activating group) is 1. The van der Waals surface area contributed by atoms with Crippen LogP contribution in [0.15, 0.2) is 30.5 Å². The summed E-state index contributed by atoms with van der Waals surface area (Å²) in [5, 5.41) is 23.7. The standard InChI is InChI=1S/C24H29N7/c1-5-30-9-11-31(12-10-30)23-13-21-22(15-26-23)18(4)28-29-24(21)27-17(3)20-8-6-7-19(14-25)16(20)2/h6-8,13,15,17H,5,9-12H2,1-4H3,(H,27,29). The van der Waals surface area contributed by atoms with Gasteiger partial charge in [0.25, 0.3) is 0 Å². The van der Waals surface area contributed by atoms with E-state index in [4.69, 9.17) is 4.98 Å². The zero-order chi connectivity index (χ0) is 22.0. The molecule has 7 nitrogen and oxygen atoms in total. The van der Waals surface area contributed by atoms with Crippen LogP contribution in [-0.4, -0.2) is 52.8 Å². The summed E-state index contributed by atoms with van der Waals surface area (Å²) in [7, 11) is 0. The van der Waals surface area contributed by atoms with Gasteiger partial charge in [-0.3, -0.25) is 0 Å². The molecule has 0 saturated carbocycles. The molecule has 0 amide bonds. The van der Waals surface area contributed by atoms with Crippen LogP contribution in [0, 0.1) is 25.2 Å². The number of nitriles is 1. The van der Waals surface area contributed by atoms with E-state index in [9.17, 15) is 5.26 Å². The minimum absolute atomic E-state index is 0.0155. The van der Waals surface area contributed by atoms with Crippen molar-refractivity contribution in [3.05, 3.63) is 52.8 Å². The molecule has 0 aliphatic carbocycles. The summed E-state index contributed by atoms with van der Waals surface area (Å²) in [4.78, 5) is 9.53. The monoisotopic (exact) mass is 415 g/mol. The molecule has 1 N–H and O–H groups in total. The predicted molar refractivity (Wildman–Crippen MR) is 124 cm³/mol. The molecule has 2 aromatic heterocycles. The molecule has 0 spiro atoms. The number of anilines is 2. The van der Waals surface area contributed by atoms with E-state index < -0.39 is 0 Å². The highest BCUT2D eigenvalue weighted by Crippen LogP contribution is 2.30. The lowest BCUT2D eigenvalue weighted by Crippen LogP contribution is -2.46. The number of rotatable bonds is 5. The molecule has 7 heteroatoms. The molecule has 0 radical (unpaired) electrons. The first-order valence-electron chi connectivity index (χ1n) is 10.9. The van der Waals surface area contributed by atoms with Crippen molar-refractivity contribution in [2.45, 2.75) is 33.7 Å². The van der Waals surface area contributed by atoms with Gasteiger partial charge in [0, 0.05) is 43.1 Å². The fourth-order valence-corrected chi connectivity index (χ4v) is 4.26. The number of aryl methyl sites for hydroxylation is 1. The van der Waals surface area contributed by atoms with Crippen molar-refractivity contribution in [1.29, 1.82) is 5.26 Å². The number of benzene rings is 1. The van der Waals surface area contributed by atoms with Gasteiger partial charge in [0.15, 0.2) is 5.82 Å². The SMILES string of the molecule is CCN1CCN(c2cc3c(NC(C)c4cccc(C#N)c4C)nnc(C)c3cn2)CC1. The average Bonchev–Trinajstić information content (AvgIpc) is 2.81. The summed E-state index contributed by atoms with van der Waals surface area (Å²) >= 11 is 0. The lowest BCUT2D eigenvalue weighted by Gasteiger charge is -2.34. The Hall–Kier alpha value is -3.24. The molecular weight excluding hydrogens is 386 g/mol. The molecule has 1 aromatic carbocycles. The van der Waals surface area contributed by atoms with Crippen LogP contribution < -0.4 is 10.2 Å². The summed E-state index contributed by atoms with van der Waals surface area (Å²) in [5.41, 5.74) is 3.64. The molecule has 160 valence electrons. The van der Waals surface area contributed by atoms with Crippen molar-refractivity contribution < 1.29 is 0 Å². The van der Waals surface area contributed by atoms with Crippen LogP contribution in [0.25, 0.3) is 10.8 Å². The van der Waals surface area contributed by atoms with Crippen molar-refractivity contribution in [3.63, 3.8) is 0 Å². The van der Waals surface area contributed by atoms with Crippen molar-refractivity contribution in [3.8, 4) is 6.07 Å². The molecule has 4 rings (SSSR count). The van der Waals surface area contributed by atoms with Crippen LogP contribution >= 0.6 is 0 Å². The summed E-state index contributed by atoms with van der Waals surface area (Å²) in [6.45, 7) is 13.4. The van der Waals surface area contributed by atoms with E-state index in [1.54, 1.807) is 0 Å². The van der Waals surface area contributed by atoms with Gasteiger partial charge in [-0.05, 0) is 50.6 Å². The van der Waals surface area contributed by atoms with Crippen LogP contribution in [-0.2, 0) is 0 Å². The topological polar surface area (TPSA) is 81.0 Å². The zero-order valence-corrected chi connectivity index (χ0v) is 18.7. The smallest absolute Gasteiger partial charge is 0.157 e. The second-order valence-electron chi connectivity index (χ2n) is 8.14. The van der Waals surface area contributed by atoms with Gasteiger partial charge in [-0.1, -0.05) is 19.1 Å². The van der Waals surface area contributed by atoms with E-state index in [2.05, 4.69) is 57.4 Å². The Labute approximate surface area is 183 Å². The second kappa shape index (κ2) is 8.86. The highest BCUT2D eigenvalue weighted by Gasteiger charge is 2.19. The third-order valence-electron chi connectivity index (χ3n) is 6.29. The zero-order valence-electron chi connectivity index (χ0n) is 18.7. The Kier molecular flexibility index (Phi) is 6.01. The van der Waals surface area contributed by atoms with Crippen LogP contribution in [0.4, 0.5) is 11.6 Å². The number of pyridine rings is 1. The van der Waals surface area contributed by atoms with Gasteiger partial charge in [-0.2, -0.15) is 10.4 Å². The molecule has 3 heterocycles. The fraction of sp³-hybridized carbons (Fsp3) is 0.417. The Bertz CT molecular complexity index is 1130. The van der Waals surface area contributed by atoms with Crippen LogP contribution in [0.2, 0.25) is 0 Å². The Balaban J connectivity index is 1.66. The highest BCUT2D eigenvalue weighted by atomic mass is 15.3. The molecule has 1 aliphatic rings. The Morgan fingerprint density at radius 1 is 1.13 bits per heavy atom. The number of fused-ring (bicyclic) bond motifs is 1. The number of nitrogens with zero attached hydrogens (tertiary/aromatic N) is 6. The van der Waals surface area contributed by atoms with E-state index >= 15 is 0 Å². The maximum Gasteiger partial charge on any atom is 0.157 e. The molecule has 1 unspecified atom stereocenters. The first-order chi connectivity index (χ1) is 15.0. The van der Waals surface area contributed by atoms with E-state index in [1.807, 2.05) is 32.2 Å². The minimum atomic E-state index is -0.0155. The van der Waals surface area contributed by atoms with Gasteiger partial charge in [0.1, 0.15) is 5.82 Å². The van der Waals surface area contributed by atoms with Crippen molar-refractivity contribution >= 4 is 22.4 Å². The molecule has 1 fully saturated rings. The number of aromatic nitrogens is 3. The van der Waals surface area contributed by atoms with E-state index in [0.717, 1.165) is 72.0 Å². The number of nitrogens with one attached hydrogen (secondary N) is 1. The quantitative estimate of drug-likeness (QED) is 0.678. The molecule has 1 saturated heterocycles. The van der Waals surface area contributed by atoms with Crippen molar-refractivity contribution in [2.24, 2.45) is 0 Å². The Morgan fingerprint density at radius 2 is 1.90 bits per heavy atom. The number of hydrogen-bond donors (Lipinski definition) is 1. The number of piperazine rings is 1. The third-order valence-corrected chi connectivity index (χ3v) is 6.29. The van der Waals surface area contributed by atoms with Crippen LogP contribution in [0.1, 0.15) is 42.3 Å². The van der Waals surface area contributed by atoms with Crippen molar-refractivity contribution in [1.82, 2.24) is 20.1 Å². The van der Waals surface area contributed by atoms with Gasteiger partial charge in [0.05, 0.1) is 23.4 Å². The fourth-order valence-electron chi connectivity index (χ4n) is 4.26. The summed E-state index contributed by atoms with van der Waals surface area (Å²) in [5.74, 6) is 1.72. The highest BCUT2D eigenvalue weighted by molar-refractivity contribution is 5.94. The van der Waals surface area contributed by atoms with Crippen molar-refractivity contribution in [2.75, 3.05) is 42.9 Å². The molecular formula is C24H29N7. The van der Waals surface area contributed by atoms with Crippen LogP contribution in [0.5, 0.6) is 0 Å². The number of hydrogen-bond acceptors (Lipinski definition) is 7. The maximum atomic E-state index is 9.37. The van der Waals surface area contributed by atoms with Gasteiger partial charge in [-0.25, -0.2) is 4.98 Å². The van der Waals surface area contributed by atoms with Gasteiger partial charge in [-0.15, -0.1) is 5.10 Å².